The summed E-state index contributed by atoms with van der Waals surface area (Å²) in [5.74, 6) is -0.249. The lowest BCUT2D eigenvalue weighted by molar-refractivity contribution is -0.359. The fourth-order valence-corrected chi connectivity index (χ4v) is 13.2. The van der Waals surface area contributed by atoms with E-state index in [0.29, 0.717) is 12.8 Å². The van der Waals surface area contributed by atoms with Crippen LogP contribution >= 0.6 is 0 Å². The highest BCUT2D eigenvalue weighted by Gasteiger charge is 2.51. The number of unbranched alkanes of at least 4 members (excludes halogenated alkanes) is 47. The Balaban J connectivity index is 1.64. The molecule has 0 aromatic rings. The van der Waals surface area contributed by atoms with Gasteiger partial charge in [0.25, 0.3) is 0 Å². The highest BCUT2D eigenvalue weighted by Crippen LogP contribution is 2.30. The molecule has 2 heterocycles. The van der Waals surface area contributed by atoms with Gasteiger partial charge in [-0.3, -0.25) is 4.79 Å². The molecule has 562 valence electrons. The number of aliphatic hydroxyl groups excluding tert-OH is 8. The van der Waals surface area contributed by atoms with Crippen molar-refractivity contribution < 1.29 is 64.6 Å². The van der Waals surface area contributed by atoms with Gasteiger partial charge >= 0.3 is 0 Å². The zero-order valence-electron chi connectivity index (χ0n) is 61.6. The number of carbonyl (C=O) groups excluding carboxylic acids is 1. The monoisotopic (exact) mass is 1360 g/mol. The van der Waals surface area contributed by atoms with Crippen molar-refractivity contribution in [2.24, 2.45) is 0 Å². The van der Waals surface area contributed by atoms with Gasteiger partial charge in [0, 0.05) is 6.42 Å². The maximum Gasteiger partial charge on any atom is 0.220 e. The molecular weight excluding hydrogens is 1210 g/mol. The minimum Gasteiger partial charge on any atom is -0.394 e. The van der Waals surface area contributed by atoms with Crippen molar-refractivity contribution in [3.63, 3.8) is 0 Å². The number of carbonyl (C=O) groups is 1. The highest BCUT2D eigenvalue weighted by molar-refractivity contribution is 5.76. The molecule has 9 N–H and O–H groups in total. The Bertz CT molecular complexity index is 1840. The molecule has 14 nitrogen and oxygen atoms in total. The van der Waals surface area contributed by atoms with Crippen LogP contribution in [0.2, 0.25) is 0 Å². The average molecular weight is 1360 g/mol. The molecule has 0 bridgehead atoms. The maximum absolute atomic E-state index is 13.4. The summed E-state index contributed by atoms with van der Waals surface area (Å²) >= 11 is 0. The van der Waals surface area contributed by atoms with Crippen LogP contribution in [0.15, 0.2) is 60.8 Å². The van der Waals surface area contributed by atoms with Crippen molar-refractivity contribution >= 4 is 5.91 Å². The van der Waals surface area contributed by atoms with Gasteiger partial charge in [0.15, 0.2) is 12.6 Å². The first-order chi connectivity index (χ1) is 47.1. The average Bonchev–Trinajstić information content (AvgIpc) is 0.854. The van der Waals surface area contributed by atoms with E-state index in [9.17, 15) is 45.6 Å². The van der Waals surface area contributed by atoms with Crippen LogP contribution in [0.25, 0.3) is 0 Å². The zero-order chi connectivity index (χ0) is 69.4. The van der Waals surface area contributed by atoms with E-state index in [4.69, 9.17) is 18.9 Å². The highest BCUT2D eigenvalue weighted by atomic mass is 16.7. The van der Waals surface area contributed by atoms with Crippen molar-refractivity contribution in [3.8, 4) is 0 Å². The SMILES string of the molecule is CCCCCCC/C=C\C/C=C\CCCCCCCCCCCCCCCCCCCC(=O)NC(COC1OC(CO)C(OC2OC(CO)C(O)C(O)C2O)C(O)C1O)C(O)/C=C/CC/C=C/CC/C=C/CCCCCCCCCCCCCCCCCCCCCCCCC. The predicted molar refractivity (Wildman–Crippen MR) is 397 cm³/mol. The van der Waals surface area contributed by atoms with E-state index in [0.717, 1.165) is 51.4 Å². The molecule has 0 saturated carbocycles. The second kappa shape index (κ2) is 66.0. The van der Waals surface area contributed by atoms with E-state index in [2.05, 4.69) is 67.8 Å². The molecule has 0 spiro atoms. The van der Waals surface area contributed by atoms with Crippen LogP contribution in [0, 0.1) is 0 Å². The van der Waals surface area contributed by atoms with Crippen molar-refractivity contribution in [3.05, 3.63) is 60.8 Å². The predicted octanol–water partition coefficient (Wildman–Crippen LogP) is 18.4. The van der Waals surface area contributed by atoms with Gasteiger partial charge in [0.2, 0.25) is 5.91 Å². The summed E-state index contributed by atoms with van der Waals surface area (Å²) < 4.78 is 22.9. The number of amides is 1. The van der Waals surface area contributed by atoms with Crippen LogP contribution in [0.5, 0.6) is 0 Å². The standard InChI is InChI=1S/C82H151NO13/c1-3-5-7-9-11-13-15-17-19-21-23-25-27-29-31-33-34-35-36-38-39-41-43-45-47-49-51-53-55-57-59-61-63-65-71(86)70(69-93-81-79(92)77(90)80(73(68-85)95-81)96-82-78(91)76(89)75(88)72(67-84)94-82)83-74(87)66-64-62-60-58-56-54-52-50-48-46-44-42-40-37-32-30-28-26-24-22-20-18-16-14-12-10-8-6-4-2/h16,18,22,24,47,49,55,57,63,65,70-73,75-82,84-86,88-92H,3-15,17,19-21,23,25-46,48,50-54,56,58-62,64,66-69H2,1-2H3,(H,83,87)/b18-16-,24-22-,49-47+,57-55+,65-63+. The first kappa shape index (κ1) is 89.8. The van der Waals surface area contributed by atoms with Crippen molar-refractivity contribution in [2.45, 2.75) is 434 Å². The Labute approximate surface area is 587 Å². The number of hydrogen-bond acceptors (Lipinski definition) is 13. The third-order valence-corrected chi connectivity index (χ3v) is 19.7. The summed E-state index contributed by atoms with van der Waals surface area (Å²) in [7, 11) is 0. The largest absolute Gasteiger partial charge is 0.394 e. The molecule has 2 aliphatic rings. The summed E-state index contributed by atoms with van der Waals surface area (Å²) in [5.41, 5.74) is 0. The van der Waals surface area contributed by atoms with Gasteiger partial charge in [-0.2, -0.15) is 0 Å². The molecule has 0 aromatic heterocycles. The second-order valence-electron chi connectivity index (χ2n) is 28.5. The van der Waals surface area contributed by atoms with Crippen LogP contribution in [-0.4, -0.2) is 140 Å². The summed E-state index contributed by atoms with van der Waals surface area (Å²) in [6, 6.07) is -0.942. The van der Waals surface area contributed by atoms with Crippen LogP contribution in [0.4, 0.5) is 0 Å². The molecule has 12 unspecified atom stereocenters. The second-order valence-corrected chi connectivity index (χ2v) is 28.5. The molecule has 2 fully saturated rings. The molecule has 12 atom stereocenters. The molecule has 0 radical (unpaired) electrons. The number of allylic oxidation sites excluding steroid dienone is 9. The van der Waals surface area contributed by atoms with Gasteiger partial charge in [-0.1, -0.05) is 338 Å². The Morgan fingerprint density at radius 2 is 0.698 bits per heavy atom. The van der Waals surface area contributed by atoms with Gasteiger partial charge in [0.1, 0.15) is 48.8 Å². The van der Waals surface area contributed by atoms with Crippen LogP contribution in [0.3, 0.4) is 0 Å². The molecule has 2 saturated heterocycles. The van der Waals surface area contributed by atoms with Gasteiger partial charge < -0.3 is 65.1 Å². The minimum atomic E-state index is -1.80. The fourth-order valence-electron chi connectivity index (χ4n) is 13.2. The van der Waals surface area contributed by atoms with Gasteiger partial charge in [-0.25, -0.2) is 0 Å². The number of ether oxygens (including phenoxy) is 4. The third kappa shape index (κ3) is 48.5. The van der Waals surface area contributed by atoms with Crippen molar-refractivity contribution in [2.75, 3.05) is 19.8 Å². The summed E-state index contributed by atoms with van der Waals surface area (Å²) in [6.45, 7) is 2.82. The summed E-state index contributed by atoms with van der Waals surface area (Å²) in [4.78, 5) is 13.4. The number of aliphatic hydroxyl groups is 8. The Morgan fingerprint density at radius 3 is 1.08 bits per heavy atom. The van der Waals surface area contributed by atoms with Crippen LogP contribution < -0.4 is 5.32 Å². The van der Waals surface area contributed by atoms with E-state index >= 15 is 0 Å². The first-order valence-electron chi connectivity index (χ1n) is 40.5. The van der Waals surface area contributed by atoms with Crippen LogP contribution in [0.1, 0.15) is 361 Å². The molecule has 0 aromatic carbocycles. The molecule has 1 amide bonds. The molecule has 2 aliphatic heterocycles. The lowest BCUT2D eigenvalue weighted by Crippen LogP contribution is -2.65. The van der Waals surface area contributed by atoms with Crippen molar-refractivity contribution in [1.82, 2.24) is 5.32 Å². The van der Waals surface area contributed by atoms with Gasteiger partial charge in [-0.05, 0) is 77.0 Å². The summed E-state index contributed by atoms with van der Waals surface area (Å²) in [6.07, 6.45) is 73.1. The normalized spacial score (nSPS) is 22.5. The Morgan fingerprint density at radius 1 is 0.375 bits per heavy atom. The lowest BCUT2D eigenvalue weighted by atomic mass is 9.97. The number of rotatable bonds is 68. The number of nitrogens with one attached hydrogen (secondary N) is 1. The van der Waals surface area contributed by atoms with E-state index in [-0.39, 0.29) is 18.9 Å². The third-order valence-electron chi connectivity index (χ3n) is 19.7. The van der Waals surface area contributed by atoms with E-state index in [1.54, 1.807) is 6.08 Å². The minimum absolute atomic E-state index is 0.249. The topological polar surface area (TPSA) is 228 Å². The number of hydrogen-bond donors (Lipinski definition) is 9. The van der Waals surface area contributed by atoms with Crippen LogP contribution in [-0.2, 0) is 23.7 Å². The Kier molecular flexibility index (Phi) is 61.7. The van der Waals surface area contributed by atoms with E-state index < -0.39 is 86.8 Å². The van der Waals surface area contributed by atoms with Gasteiger partial charge in [-0.15, -0.1) is 0 Å². The van der Waals surface area contributed by atoms with Crippen molar-refractivity contribution in [1.29, 1.82) is 0 Å². The zero-order valence-corrected chi connectivity index (χ0v) is 61.6. The fraction of sp³-hybridized carbons (Fsp3) is 0.866. The molecule has 14 heteroatoms. The smallest absolute Gasteiger partial charge is 0.220 e. The molecule has 2 rings (SSSR count). The molecule has 96 heavy (non-hydrogen) atoms. The van der Waals surface area contributed by atoms with Gasteiger partial charge in [0.05, 0.1) is 32.0 Å². The maximum atomic E-state index is 13.4. The molecular formula is C82H151NO13. The quantitative estimate of drug-likeness (QED) is 0.0204. The van der Waals surface area contributed by atoms with E-state index in [1.807, 2.05) is 6.08 Å². The molecule has 0 aliphatic carbocycles. The lowest BCUT2D eigenvalue weighted by Gasteiger charge is -2.46. The summed E-state index contributed by atoms with van der Waals surface area (Å²) in [5, 5.41) is 87.6. The Hall–Kier alpha value is -2.31. The van der Waals surface area contributed by atoms with E-state index in [1.165, 1.54) is 276 Å². The first-order valence-corrected chi connectivity index (χ1v) is 40.5.